The molecule has 0 spiro atoms. The van der Waals surface area contributed by atoms with Crippen molar-refractivity contribution in [3.05, 3.63) is 11.8 Å². The lowest BCUT2D eigenvalue weighted by Gasteiger charge is -2.11. The molecular formula is C12H21BO4Si. The molecule has 2 atom stereocenters. The lowest BCUT2D eigenvalue weighted by atomic mass is 9.85. The van der Waals surface area contributed by atoms with E-state index in [0.717, 1.165) is 0 Å². The lowest BCUT2D eigenvalue weighted by Crippen LogP contribution is -2.34. The lowest BCUT2D eigenvalue weighted by molar-refractivity contribution is -0.132. The summed E-state index contributed by atoms with van der Waals surface area (Å²) in [5.41, 5.74) is 2.20. The second kappa shape index (κ2) is 5.95. The van der Waals surface area contributed by atoms with Crippen molar-refractivity contribution in [2.45, 2.75) is 52.0 Å². The van der Waals surface area contributed by atoms with Gasteiger partial charge in [-0.05, 0) is 20.2 Å². The van der Waals surface area contributed by atoms with Crippen LogP contribution in [-0.2, 0) is 18.9 Å². The van der Waals surface area contributed by atoms with Gasteiger partial charge in [-0.1, -0.05) is 31.4 Å². The molecule has 6 heteroatoms. The molecule has 1 saturated heterocycles. The Labute approximate surface area is 110 Å². The Balaban J connectivity index is 2.59. The molecule has 0 N–H and O–H groups in total. The van der Waals surface area contributed by atoms with Crippen LogP contribution in [0.2, 0.25) is 26.0 Å². The van der Waals surface area contributed by atoms with Crippen molar-refractivity contribution in [2.24, 2.45) is 0 Å². The fourth-order valence-corrected chi connectivity index (χ4v) is 2.61. The van der Waals surface area contributed by atoms with Gasteiger partial charge in [0.1, 0.15) is 12.2 Å². The molecule has 1 aliphatic heterocycles. The van der Waals surface area contributed by atoms with Crippen LogP contribution in [0.4, 0.5) is 0 Å². The molecule has 1 fully saturated rings. The third-order valence-corrected chi connectivity index (χ3v) is 3.86. The molecule has 1 rings (SSSR count). The normalized spacial score (nSPS) is 24.8. The van der Waals surface area contributed by atoms with Crippen LogP contribution in [-0.4, -0.2) is 39.0 Å². The molecule has 1 heterocycles. The molecule has 0 amide bonds. The maximum absolute atomic E-state index is 11.4. The summed E-state index contributed by atoms with van der Waals surface area (Å²) in [6.07, 6.45) is 1.12. The van der Waals surface area contributed by atoms with Crippen molar-refractivity contribution < 1.29 is 18.9 Å². The number of allylic oxidation sites excluding steroid dienone is 1. The largest absolute Gasteiger partial charge is 0.462 e. The fourth-order valence-electron chi connectivity index (χ4n) is 1.76. The predicted octanol–water partition coefficient (Wildman–Crippen LogP) is 1.87. The quantitative estimate of drug-likeness (QED) is 0.714. The molecule has 1 aliphatic rings. The van der Waals surface area contributed by atoms with Crippen molar-refractivity contribution in [2.75, 3.05) is 0 Å². The summed E-state index contributed by atoms with van der Waals surface area (Å²) in [4.78, 5) is 22.7. The number of rotatable bonds is 5. The van der Waals surface area contributed by atoms with Crippen LogP contribution in [0.25, 0.3) is 0 Å². The number of carbonyl (C=O) groups excluding carboxylic acids is 2. The van der Waals surface area contributed by atoms with E-state index in [2.05, 4.69) is 25.3 Å². The zero-order chi connectivity index (χ0) is 13.9. The van der Waals surface area contributed by atoms with E-state index in [-0.39, 0.29) is 11.6 Å². The van der Waals surface area contributed by atoms with Gasteiger partial charge in [0.25, 0.3) is 0 Å². The molecule has 0 aromatic carbocycles. The van der Waals surface area contributed by atoms with E-state index in [1.165, 1.54) is 13.8 Å². The summed E-state index contributed by atoms with van der Waals surface area (Å²) in [5.74, 6) is -0.321. The van der Waals surface area contributed by atoms with Crippen molar-refractivity contribution in [1.29, 1.82) is 0 Å². The highest BCUT2D eigenvalue weighted by atomic mass is 28.3. The van der Waals surface area contributed by atoms with Gasteiger partial charge in [-0.3, -0.25) is 9.59 Å². The molecule has 0 aromatic heterocycles. The van der Waals surface area contributed by atoms with Gasteiger partial charge in [0.15, 0.2) is 11.6 Å². The van der Waals surface area contributed by atoms with Crippen LogP contribution in [0, 0.1) is 0 Å². The van der Waals surface area contributed by atoms with E-state index in [0.29, 0.717) is 6.32 Å². The maximum atomic E-state index is 11.4. The zero-order valence-corrected chi connectivity index (χ0v) is 12.7. The standard InChI is InChI=1S/C12H21BO4Si/c1-9(14)11-12(10(2)15)17-13(16-11)7-6-8-18(3,4)5/h6,8,11-12H,7H2,1-5H3/b8-6-. The van der Waals surface area contributed by atoms with Gasteiger partial charge in [0, 0.05) is 0 Å². The Morgan fingerprint density at radius 1 is 1.11 bits per heavy atom. The van der Waals surface area contributed by atoms with Crippen LogP contribution in [0.1, 0.15) is 13.8 Å². The van der Waals surface area contributed by atoms with Crippen molar-refractivity contribution in [3.8, 4) is 0 Å². The van der Waals surface area contributed by atoms with E-state index in [1.54, 1.807) is 0 Å². The zero-order valence-electron chi connectivity index (χ0n) is 11.7. The monoisotopic (exact) mass is 268 g/mol. The minimum atomic E-state index is -1.23. The number of hydrogen-bond acceptors (Lipinski definition) is 4. The summed E-state index contributed by atoms with van der Waals surface area (Å²) in [5, 5.41) is 0. The molecule has 100 valence electrons. The smallest absolute Gasteiger partial charge is 0.398 e. The third kappa shape index (κ3) is 4.51. The Morgan fingerprint density at radius 3 is 1.89 bits per heavy atom. The number of hydrogen-bond donors (Lipinski definition) is 0. The fraction of sp³-hybridized carbons (Fsp3) is 0.667. The SMILES string of the molecule is CC(=O)C1OB(C/C=C\[Si](C)(C)C)OC1C(C)=O. The van der Waals surface area contributed by atoms with Crippen LogP contribution in [0.15, 0.2) is 11.8 Å². The van der Waals surface area contributed by atoms with Crippen LogP contribution in [0.3, 0.4) is 0 Å². The molecule has 0 saturated carbocycles. The maximum Gasteiger partial charge on any atom is 0.462 e. The minimum Gasteiger partial charge on any atom is -0.398 e. The average molecular weight is 268 g/mol. The highest BCUT2D eigenvalue weighted by Gasteiger charge is 2.43. The molecule has 0 aromatic rings. The van der Waals surface area contributed by atoms with Gasteiger partial charge < -0.3 is 9.31 Å². The van der Waals surface area contributed by atoms with E-state index in [4.69, 9.17) is 9.31 Å². The number of carbonyl (C=O) groups is 2. The van der Waals surface area contributed by atoms with Crippen LogP contribution < -0.4 is 0 Å². The highest BCUT2D eigenvalue weighted by molar-refractivity contribution is 6.81. The Kier molecular flexibility index (Phi) is 5.07. The van der Waals surface area contributed by atoms with Gasteiger partial charge in [0.05, 0.1) is 8.07 Å². The first-order chi connectivity index (χ1) is 8.20. The Hall–Kier alpha value is -0.718. The Bertz CT molecular complexity index is 340. The van der Waals surface area contributed by atoms with E-state index < -0.39 is 27.4 Å². The average Bonchev–Trinajstić information content (AvgIpc) is 2.60. The summed E-state index contributed by atoms with van der Waals surface area (Å²) in [6, 6.07) is 0. The van der Waals surface area contributed by atoms with E-state index in [9.17, 15) is 9.59 Å². The molecule has 0 bridgehead atoms. The molecule has 2 unspecified atom stereocenters. The summed E-state index contributed by atoms with van der Waals surface area (Å²) in [6.45, 7) is 9.54. The predicted molar refractivity (Wildman–Crippen MR) is 74.2 cm³/mol. The van der Waals surface area contributed by atoms with Gasteiger partial charge in [-0.15, -0.1) is 0 Å². The first kappa shape index (κ1) is 15.3. The molecular weight excluding hydrogens is 247 g/mol. The van der Waals surface area contributed by atoms with E-state index >= 15 is 0 Å². The molecule has 0 aliphatic carbocycles. The Morgan fingerprint density at radius 2 is 1.56 bits per heavy atom. The van der Waals surface area contributed by atoms with E-state index in [1.807, 2.05) is 6.08 Å². The summed E-state index contributed by atoms with van der Waals surface area (Å²) >= 11 is 0. The van der Waals surface area contributed by atoms with Crippen LogP contribution >= 0.6 is 0 Å². The van der Waals surface area contributed by atoms with Crippen molar-refractivity contribution in [3.63, 3.8) is 0 Å². The van der Waals surface area contributed by atoms with Gasteiger partial charge in [-0.25, -0.2) is 0 Å². The second-order valence-corrected chi connectivity index (χ2v) is 10.8. The molecule has 4 nitrogen and oxygen atoms in total. The third-order valence-electron chi connectivity index (χ3n) is 2.62. The number of ketones is 2. The van der Waals surface area contributed by atoms with Crippen LogP contribution in [0.5, 0.6) is 0 Å². The number of Topliss-reactive ketones (excluding diaryl/α,β-unsaturated/α-hetero) is 2. The summed E-state index contributed by atoms with van der Waals surface area (Å²) < 4.78 is 11.0. The molecule has 0 radical (unpaired) electrons. The highest BCUT2D eigenvalue weighted by Crippen LogP contribution is 2.21. The van der Waals surface area contributed by atoms with Crippen molar-refractivity contribution in [1.82, 2.24) is 0 Å². The van der Waals surface area contributed by atoms with Gasteiger partial charge in [0.2, 0.25) is 0 Å². The first-order valence-electron chi connectivity index (χ1n) is 6.20. The van der Waals surface area contributed by atoms with Gasteiger partial charge >= 0.3 is 7.12 Å². The topological polar surface area (TPSA) is 52.6 Å². The minimum absolute atomic E-state index is 0.160. The van der Waals surface area contributed by atoms with Crippen molar-refractivity contribution >= 4 is 26.8 Å². The molecule has 18 heavy (non-hydrogen) atoms. The van der Waals surface area contributed by atoms with Gasteiger partial charge in [-0.2, -0.15) is 0 Å². The second-order valence-electron chi connectivity index (χ2n) is 5.77. The first-order valence-corrected chi connectivity index (χ1v) is 9.78. The summed E-state index contributed by atoms with van der Waals surface area (Å²) in [7, 11) is -1.72.